The van der Waals surface area contributed by atoms with Crippen molar-refractivity contribution in [1.82, 2.24) is 14.1 Å². The summed E-state index contributed by atoms with van der Waals surface area (Å²) in [4.78, 5) is 4.96. The molecule has 0 atom stereocenters. The average molecular weight is 587 g/mol. The van der Waals surface area contributed by atoms with E-state index in [0.29, 0.717) is 5.56 Å². The third-order valence-corrected chi connectivity index (χ3v) is 9.01. The van der Waals surface area contributed by atoms with Crippen molar-refractivity contribution in [3.8, 4) is 39.8 Å². The van der Waals surface area contributed by atoms with Crippen molar-refractivity contribution in [2.75, 3.05) is 0 Å². The summed E-state index contributed by atoms with van der Waals surface area (Å²) in [6.45, 7) is 0. The second kappa shape index (κ2) is 10.3. The average Bonchev–Trinajstić information content (AvgIpc) is 3.64. The number of fused-ring (bicyclic) bond motifs is 6. The lowest BCUT2D eigenvalue weighted by atomic mass is 9.97. The van der Waals surface area contributed by atoms with Crippen LogP contribution in [0.4, 0.5) is 0 Å². The van der Waals surface area contributed by atoms with Crippen LogP contribution in [0.15, 0.2) is 158 Å². The largest absolute Gasteiger partial charge is 0.307 e. The minimum absolute atomic E-state index is 0.623. The molecule has 3 heterocycles. The zero-order valence-electron chi connectivity index (χ0n) is 24.8. The highest BCUT2D eigenvalue weighted by atomic mass is 15.0. The van der Waals surface area contributed by atoms with Gasteiger partial charge in [-0.2, -0.15) is 5.26 Å². The molecule has 0 aliphatic heterocycles. The van der Waals surface area contributed by atoms with Gasteiger partial charge in [0.1, 0.15) is 6.07 Å². The van der Waals surface area contributed by atoms with Gasteiger partial charge in [-0.25, -0.2) is 0 Å². The van der Waals surface area contributed by atoms with Crippen molar-refractivity contribution in [2.45, 2.75) is 0 Å². The number of benzene rings is 6. The Labute approximate surface area is 265 Å². The van der Waals surface area contributed by atoms with E-state index in [1.54, 1.807) is 0 Å². The first-order valence-corrected chi connectivity index (χ1v) is 15.4. The van der Waals surface area contributed by atoms with Crippen molar-refractivity contribution < 1.29 is 0 Å². The number of rotatable bonds is 4. The van der Waals surface area contributed by atoms with E-state index in [9.17, 15) is 5.26 Å². The maximum absolute atomic E-state index is 10.4. The SMILES string of the molecule is N#Cc1cccc(-c2cccc(-c3ncccc3-n3c4ccccc4c4ccccc43)c2)c1-n1c2ccccc2c2ccccc21. The Kier molecular flexibility index (Phi) is 5.84. The third-order valence-electron chi connectivity index (χ3n) is 9.01. The van der Waals surface area contributed by atoms with E-state index in [-0.39, 0.29) is 0 Å². The molecule has 6 aromatic carbocycles. The van der Waals surface area contributed by atoms with Gasteiger partial charge in [0, 0.05) is 38.9 Å². The van der Waals surface area contributed by atoms with Gasteiger partial charge < -0.3 is 9.13 Å². The Bertz CT molecular complexity index is 2560. The van der Waals surface area contributed by atoms with E-state index in [4.69, 9.17) is 4.98 Å². The van der Waals surface area contributed by atoms with Gasteiger partial charge >= 0.3 is 0 Å². The summed E-state index contributed by atoms with van der Waals surface area (Å²) in [5.41, 5.74) is 10.9. The Morgan fingerprint density at radius 1 is 0.478 bits per heavy atom. The maximum Gasteiger partial charge on any atom is 0.101 e. The molecule has 0 aliphatic rings. The number of pyridine rings is 1. The van der Waals surface area contributed by atoms with Crippen LogP contribution in [-0.2, 0) is 0 Å². The molecule has 4 nitrogen and oxygen atoms in total. The molecule has 9 rings (SSSR count). The summed E-state index contributed by atoms with van der Waals surface area (Å²) in [6, 6.07) is 55.1. The molecule has 0 bridgehead atoms. The number of para-hydroxylation sites is 5. The van der Waals surface area contributed by atoms with Crippen LogP contribution in [0, 0.1) is 11.3 Å². The Balaban J connectivity index is 1.29. The lowest BCUT2D eigenvalue weighted by Crippen LogP contribution is -2.01. The Hall–Kier alpha value is -6.44. The first-order chi connectivity index (χ1) is 22.8. The second-order valence-electron chi connectivity index (χ2n) is 11.5. The molecule has 0 saturated heterocycles. The fourth-order valence-corrected chi connectivity index (χ4v) is 7.09. The summed E-state index contributed by atoms with van der Waals surface area (Å²) in [6.07, 6.45) is 1.86. The van der Waals surface area contributed by atoms with Crippen molar-refractivity contribution >= 4 is 43.6 Å². The van der Waals surface area contributed by atoms with Gasteiger partial charge in [0.15, 0.2) is 0 Å². The molecule has 0 unspecified atom stereocenters. The summed E-state index contributed by atoms with van der Waals surface area (Å²) in [5, 5.41) is 15.2. The van der Waals surface area contributed by atoms with Gasteiger partial charge in [-0.15, -0.1) is 0 Å². The van der Waals surface area contributed by atoms with Gasteiger partial charge in [0.05, 0.1) is 44.7 Å². The molecule has 9 aromatic rings. The van der Waals surface area contributed by atoms with Crippen LogP contribution < -0.4 is 0 Å². The van der Waals surface area contributed by atoms with Crippen molar-refractivity contribution in [3.63, 3.8) is 0 Å². The first kappa shape index (κ1) is 26.0. The lowest BCUT2D eigenvalue weighted by molar-refractivity contribution is 1.14. The van der Waals surface area contributed by atoms with E-state index in [2.05, 4.69) is 149 Å². The molecule has 0 radical (unpaired) electrons. The maximum atomic E-state index is 10.4. The van der Waals surface area contributed by atoms with Crippen molar-refractivity contribution in [2.24, 2.45) is 0 Å². The highest BCUT2D eigenvalue weighted by Gasteiger charge is 2.20. The number of nitrogens with zero attached hydrogens (tertiary/aromatic N) is 4. The predicted molar refractivity (Wildman–Crippen MR) is 189 cm³/mol. The molecular formula is C42H26N4. The molecule has 0 aliphatic carbocycles. The molecular weight excluding hydrogens is 560 g/mol. The van der Waals surface area contributed by atoms with Crippen LogP contribution in [0.2, 0.25) is 0 Å². The van der Waals surface area contributed by atoms with Crippen LogP contribution in [0.5, 0.6) is 0 Å². The van der Waals surface area contributed by atoms with Crippen molar-refractivity contribution in [1.29, 1.82) is 5.26 Å². The molecule has 46 heavy (non-hydrogen) atoms. The van der Waals surface area contributed by atoms with Crippen molar-refractivity contribution in [3.05, 3.63) is 163 Å². The zero-order chi connectivity index (χ0) is 30.6. The fourth-order valence-electron chi connectivity index (χ4n) is 7.09. The minimum Gasteiger partial charge on any atom is -0.307 e. The summed E-state index contributed by atoms with van der Waals surface area (Å²) >= 11 is 0. The van der Waals surface area contributed by atoms with Gasteiger partial charge in [-0.1, -0.05) is 103 Å². The van der Waals surface area contributed by atoms with Gasteiger partial charge in [-0.3, -0.25) is 4.98 Å². The highest BCUT2D eigenvalue weighted by Crippen LogP contribution is 2.40. The third kappa shape index (κ3) is 3.83. The van der Waals surface area contributed by atoms with Crippen LogP contribution in [-0.4, -0.2) is 14.1 Å². The number of hydrogen-bond donors (Lipinski definition) is 0. The van der Waals surface area contributed by atoms with E-state index >= 15 is 0 Å². The van der Waals surface area contributed by atoms with Gasteiger partial charge in [-0.05, 0) is 54.1 Å². The van der Waals surface area contributed by atoms with E-state index in [1.807, 2.05) is 24.4 Å². The van der Waals surface area contributed by atoms with Crippen LogP contribution >= 0.6 is 0 Å². The molecule has 214 valence electrons. The topological polar surface area (TPSA) is 46.5 Å². The standard InChI is InChI=1S/C42H26N4/c43-27-30-14-10-19-31(42(30)46-38-22-7-3-17-34(38)35-18-4-8-23-39(35)46)28-12-9-13-29(26-28)41-40(24-11-25-44-41)45-36-20-5-1-15-32(36)33-16-2-6-21-37(33)45/h1-26H. The second-order valence-corrected chi connectivity index (χ2v) is 11.5. The summed E-state index contributed by atoms with van der Waals surface area (Å²) in [7, 11) is 0. The normalized spacial score (nSPS) is 11.5. The van der Waals surface area contributed by atoms with Gasteiger partial charge in [0.25, 0.3) is 0 Å². The van der Waals surface area contributed by atoms with Crippen LogP contribution in [0.3, 0.4) is 0 Å². The zero-order valence-corrected chi connectivity index (χ0v) is 24.8. The molecule has 0 saturated carbocycles. The fraction of sp³-hybridized carbons (Fsp3) is 0. The molecule has 0 spiro atoms. The Morgan fingerprint density at radius 3 is 1.59 bits per heavy atom. The Morgan fingerprint density at radius 2 is 1.00 bits per heavy atom. The number of hydrogen-bond acceptors (Lipinski definition) is 2. The van der Waals surface area contributed by atoms with Gasteiger partial charge in [0.2, 0.25) is 0 Å². The summed E-state index contributed by atoms with van der Waals surface area (Å²) < 4.78 is 4.56. The molecule has 0 N–H and O–H groups in total. The summed E-state index contributed by atoms with van der Waals surface area (Å²) in [5.74, 6) is 0. The predicted octanol–water partition coefficient (Wildman–Crippen LogP) is 10.5. The lowest BCUT2D eigenvalue weighted by Gasteiger charge is -2.17. The van der Waals surface area contributed by atoms with Crippen LogP contribution in [0.25, 0.3) is 77.4 Å². The monoisotopic (exact) mass is 586 g/mol. The molecule has 3 aromatic heterocycles. The molecule has 4 heteroatoms. The quantitative estimate of drug-likeness (QED) is 0.206. The highest BCUT2D eigenvalue weighted by molar-refractivity contribution is 6.11. The van der Waals surface area contributed by atoms with E-state index < -0.39 is 0 Å². The molecule has 0 fully saturated rings. The number of nitriles is 1. The first-order valence-electron chi connectivity index (χ1n) is 15.4. The number of aromatic nitrogens is 3. The van der Waals surface area contributed by atoms with Crippen LogP contribution in [0.1, 0.15) is 5.56 Å². The van der Waals surface area contributed by atoms with E-state index in [0.717, 1.165) is 66.6 Å². The smallest absolute Gasteiger partial charge is 0.101 e. The molecule has 0 amide bonds. The minimum atomic E-state index is 0.623. The van der Waals surface area contributed by atoms with E-state index in [1.165, 1.54) is 10.8 Å².